The molecule has 1 atom stereocenters. The molecule has 1 rings (SSSR count). The zero-order valence-corrected chi connectivity index (χ0v) is 10.6. The van der Waals surface area contributed by atoms with Gasteiger partial charge in [0.05, 0.1) is 0 Å². The van der Waals surface area contributed by atoms with Crippen LogP contribution in [-0.2, 0) is 9.59 Å². The fraction of sp³-hybridized carbons (Fsp3) is 0.333. The highest BCUT2D eigenvalue weighted by molar-refractivity contribution is 6.30. The third-order valence-corrected chi connectivity index (χ3v) is 2.44. The Labute approximate surface area is 110 Å². The lowest BCUT2D eigenvalue weighted by Crippen LogP contribution is -2.42. The minimum atomic E-state index is -1.06. The van der Waals surface area contributed by atoms with Gasteiger partial charge in [0.15, 0.2) is 6.61 Å². The fourth-order valence-electron chi connectivity index (χ4n) is 1.28. The molecular weight excluding hydrogens is 258 g/mol. The predicted octanol–water partition coefficient (Wildman–Crippen LogP) is 1.70. The maximum Gasteiger partial charge on any atom is 0.326 e. The number of hydrogen-bond acceptors (Lipinski definition) is 3. The topological polar surface area (TPSA) is 75.6 Å². The number of carboxylic acids is 1. The molecule has 0 aromatic heterocycles. The predicted molar refractivity (Wildman–Crippen MR) is 66.8 cm³/mol. The quantitative estimate of drug-likeness (QED) is 0.826. The summed E-state index contributed by atoms with van der Waals surface area (Å²) in [6.45, 7) is 1.43. The molecule has 0 radical (unpaired) electrons. The van der Waals surface area contributed by atoms with Gasteiger partial charge < -0.3 is 15.2 Å². The van der Waals surface area contributed by atoms with Crippen LogP contribution in [0, 0.1) is 0 Å². The summed E-state index contributed by atoms with van der Waals surface area (Å²) in [4.78, 5) is 22.2. The van der Waals surface area contributed by atoms with Gasteiger partial charge in [0, 0.05) is 5.02 Å². The maximum atomic E-state index is 11.4. The second-order valence-electron chi connectivity index (χ2n) is 3.61. The van der Waals surface area contributed by atoms with Crippen molar-refractivity contribution < 1.29 is 19.4 Å². The van der Waals surface area contributed by atoms with E-state index in [1.807, 2.05) is 0 Å². The maximum absolute atomic E-state index is 11.4. The van der Waals surface area contributed by atoms with Gasteiger partial charge in [-0.15, -0.1) is 0 Å². The Morgan fingerprint density at radius 1 is 1.50 bits per heavy atom. The number of hydrogen-bond donors (Lipinski definition) is 2. The highest BCUT2D eigenvalue weighted by Gasteiger charge is 2.17. The van der Waals surface area contributed by atoms with Crippen molar-refractivity contribution in [3.8, 4) is 5.75 Å². The van der Waals surface area contributed by atoms with Crippen molar-refractivity contribution in [3.05, 3.63) is 29.3 Å². The lowest BCUT2D eigenvalue weighted by molar-refractivity contribution is -0.142. The van der Waals surface area contributed by atoms with E-state index in [0.29, 0.717) is 17.2 Å². The molecule has 0 heterocycles. The van der Waals surface area contributed by atoms with Crippen LogP contribution in [0.1, 0.15) is 13.3 Å². The Kier molecular flexibility index (Phi) is 5.45. The van der Waals surface area contributed by atoms with Crippen LogP contribution in [0.2, 0.25) is 5.02 Å². The van der Waals surface area contributed by atoms with E-state index in [1.54, 1.807) is 31.2 Å². The van der Waals surface area contributed by atoms with Gasteiger partial charge >= 0.3 is 5.97 Å². The molecule has 5 nitrogen and oxygen atoms in total. The van der Waals surface area contributed by atoms with Crippen molar-refractivity contribution in [2.24, 2.45) is 0 Å². The number of carbonyl (C=O) groups excluding carboxylic acids is 1. The molecule has 98 valence electrons. The van der Waals surface area contributed by atoms with Gasteiger partial charge in [-0.05, 0) is 24.6 Å². The SMILES string of the molecule is CCC(NC(=O)COc1cccc(Cl)c1)C(=O)O. The molecule has 6 heteroatoms. The standard InChI is InChI=1S/C12H14ClNO4/c1-2-10(12(16)17)14-11(15)7-18-9-5-3-4-8(13)6-9/h3-6,10H,2,7H2,1H3,(H,14,15)(H,16,17). The molecular formula is C12H14ClNO4. The summed E-state index contributed by atoms with van der Waals surface area (Å²) in [5.41, 5.74) is 0. The van der Waals surface area contributed by atoms with E-state index in [9.17, 15) is 9.59 Å². The smallest absolute Gasteiger partial charge is 0.326 e. The van der Waals surface area contributed by atoms with Crippen molar-refractivity contribution in [2.45, 2.75) is 19.4 Å². The number of halogens is 1. The minimum absolute atomic E-state index is 0.246. The van der Waals surface area contributed by atoms with E-state index in [2.05, 4.69) is 5.32 Å². The lowest BCUT2D eigenvalue weighted by atomic mass is 10.2. The molecule has 0 saturated carbocycles. The van der Waals surface area contributed by atoms with Crippen LogP contribution in [-0.4, -0.2) is 29.6 Å². The Morgan fingerprint density at radius 2 is 2.22 bits per heavy atom. The summed E-state index contributed by atoms with van der Waals surface area (Å²) in [6.07, 6.45) is 0.318. The van der Waals surface area contributed by atoms with Crippen molar-refractivity contribution in [1.29, 1.82) is 0 Å². The summed E-state index contributed by atoms with van der Waals surface area (Å²) in [6, 6.07) is 5.73. The molecule has 0 aliphatic carbocycles. The second-order valence-corrected chi connectivity index (χ2v) is 4.05. The summed E-state index contributed by atoms with van der Waals surface area (Å²) in [5, 5.41) is 11.6. The summed E-state index contributed by atoms with van der Waals surface area (Å²) >= 11 is 5.75. The highest BCUT2D eigenvalue weighted by Crippen LogP contribution is 2.16. The molecule has 0 fully saturated rings. The minimum Gasteiger partial charge on any atom is -0.484 e. The molecule has 0 aliphatic heterocycles. The van der Waals surface area contributed by atoms with Crippen molar-refractivity contribution in [2.75, 3.05) is 6.61 Å². The Morgan fingerprint density at radius 3 is 2.78 bits per heavy atom. The van der Waals surface area contributed by atoms with Gasteiger partial charge in [0.1, 0.15) is 11.8 Å². The number of amides is 1. The average Bonchev–Trinajstić information content (AvgIpc) is 2.33. The van der Waals surface area contributed by atoms with Crippen LogP contribution in [0.25, 0.3) is 0 Å². The number of rotatable bonds is 6. The number of nitrogens with one attached hydrogen (secondary N) is 1. The van der Waals surface area contributed by atoms with E-state index < -0.39 is 17.9 Å². The van der Waals surface area contributed by atoms with E-state index >= 15 is 0 Å². The Hall–Kier alpha value is -1.75. The summed E-state index contributed by atoms with van der Waals surface area (Å²) in [5.74, 6) is -1.08. The zero-order valence-electron chi connectivity index (χ0n) is 9.85. The van der Waals surface area contributed by atoms with Crippen LogP contribution in [0.15, 0.2) is 24.3 Å². The van der Waals surface area contributed by atoms with Crippen molar-refractivity contribution in [3.63, 3.8) is 0 Å². The van der Waals surface area contributed by atoms with Gasteiger partial charge in [-0.2, -0.15) is 0 Å². The first-order chi connectivity index (χ1) is 8.52. The number of ether oxygens (including phenoxy) is 1. The molecule has 18 heavy (non-hydrogen) atoms. The van der Waals surface area contributed by atoms with Gasteiger partial charge in [-0.25, -0.2) is 4.79 Å². The molecule has 0 aliphatic rings. The van der Waals surface area contributed by atoms with Crippen LogP contribution in [0.3, 0.4) is 0 Å². The molecule has 0 bridgehead atoms. The van der Waals surface area contributed by atoms with E-state index in [0.717, 1.165) is 0 Å². The first kappa shape index (κ1) is 14.3. The first-order valence-electron chi connectivity index (χ1n) is 5.43. The Balaban J connectivity index is 2.44. The Bertz CT molecular complexity index is 436. The van der Waals surface area contributed by atoms with E-state index in [4.69, 9.17) is 21.4 Å². The molecule has 1 aromatic carbocycles. The van der Waals surface area contributed by atoms with E-state index in [1.165, 1.54) is 0 Å². The summed E-state index contributed by atoms with van der Waals surface area (Å²) < 4.78 is 5.18. The van der Waals surface area contributed by atoms with Crippen LogP contribution < -0.4 is 10.1 Å². The first-order valence-corrected chi connectivity index (χ1v) is 5.81. The van der Waals surface area contributed by atoms with Gasteiger partial charge in [0.25, 0.3) is 5.91 Å². The third-order valence-electron chi connectivity index (χ3n) is 2.21. The normalized spacial score (nSPS) is 11.7. The van der Waals surface area contributed by atoms with Crippen molar-refractivity contribution in [1.82, 2.24) is 5.32 Å². The lowest BCUT2D eigenvalue weighted by Gasteiger charge is -2.12. The van der Waals surface area contributed by atoms with E-state index in [-0.39, 0.29) is 6.61 Å². The third kappa shape index (κ3) is 4.63. The summed E-state index contributed by atoms with van der Waals surface area (Å²) in [7, 11) is 0. The molecule has 0 spiro atoms. The number of carboxylic acid groups (broad SMARTS) is 1. The second kappa shape index (κ2) is 6.86. The molecule has 1 aromatic rings. The van der Waals surface area contributed by atoms with Gasteiger partial charge in [-0.3, -0.25) is 4.79 Å². The monoisotopic (exact) mass is 271 g/mol. The zero-order chi connectivity index (χ0) is 13.5. The average molecular weight is 272 g/mol. The molecule has 0 saturated heterocycles. The number of aliphatic carboxylic acids is 1. The van der Waals surface area contributed by atoms with Crippen LogP contribution in [0.4, 0.5) is 0 Å². The van der Waals surface area contributed by atoms with Crippen LogP contribution in [0.5, 0.6) is 5.75 Å². The largest absolute Gasteiger partial charge is 0.484 e. The van der Waals surface area contributed by atoms with Crippen LogP contribution >= 0.6 is 11.6 Å². The molecule has 1 amide bonds. The van der Waals surface area contributed by atoms with Gasteiger partial charge in [-0.1, -0.05) is 24.6 Å². The molecule has 1 unspecified atom stereocenters. The molecule has 2 N–H and O–H groups in total. The fourth-order valence-corrected chi connectivity index (χ4v) is 1.46. The highest BCUT2D eigenvalue weighted by atomic mass is 35.5. The number of benzene rings is 1. The van der Waals surface area contributed by atoms with Gasteiger partial charge in [0.2, 0.25) is 0 Å². The number of carbonyl (C=O) groups is 2. The van der Waals surface area contributed by atoms with Crippen molar-refractivity contribution >= 4 is 23.5 Å².